The Bertz CT molecular complexity index is 894. The molecular weight excluding hydrogens is 366 g/mol. The summed E-state index contributed by atoms with van der Waals surface area (Å²) in [6, 6.07) is 24.6. The van der Waals surface area contributed by atoms with Crippen LogP contribution in [0.2, 0.25) is 0 Å². The summed E-state index contributed by atoms with van der Waals surface area (Å²) in [4.78, 5) is 12.6. The number of carbonyl (C=O) groups is 1. The number of amides is 1. The van der Waals surface area contributed by atoms with Gasteiger partial charge in [0, 0.05) is 6.54 Å². The van der Waals surface area contributed by atoms with Crippen LogP contribution in [-0.2, 0) is 6.42 Å². The molecule has 0 aromatic heterocycles. The van der Waals surface area contributed by atoms with E-state index in [2.05, 4.69) is 5.32 Å². The fourth-order valence-corrected chi connectivity index (χ4v) is 2.82. The van der Waals surface area contributed by atoms with E-state index in [4.69, 9.17) is 14.2 Å². The van der Waals surface area contributed by atoms with E-state index in [-0.39, 0.29) is 5.91 Å². The Balaban J connectivity index is 1.47. The molecule has 1 N–H and O–H groups in total. The zero-order chi connectivity index (χ0) is 20.3. The Morgan fingerprint density at radius 1 is 0.793 bits per heavy atom. The van der Waals surface area contributed by atoms with Crippen LogP contribution in [0, 0.1) is 0 Å². The van der Waals surface area contributed by atoms with Crippen LogP contribution < -0.4 is 19.5 Å². The normalized spacial score (nSPS) is 10.2. The molecule has 5 heteroatoms. The van der Waals surface area contributed by atoms with Gasteiger partial charge in [-0.2, -0.15) is 0 Å². The van der Waals surface area contributed by atoms with E-state index in [1.165, 1.54) is 0 Å². The third-order valence-electron chi connectivity index (χ3n) is 4.34. The summed E-state index contributed by atoms with van der Waals surface area (Å²) in [6.45, 7) is 1.29. The average molecular weight is 391 g/mol. The average Bonchev–Trinajstić information content (AvgIpc) is 2.78. The number of hydrogen-bond donors (Lipinski definition) is 1. The maximum absolute atomic E-state index is 12.6. The lowest BCUT2D eigenvalue weighted by atomic mass is 10.1. The van der Waals surface area contributed by atoms with E-state index in [1.807, 2.05) is 66.7 Å². The number of hydrogen-bond acceptors (Lipinski definition) is 4. The van der Waals surface area contributed by atoms with Crippen LogP contribution in [0.25, 0.3) is 0 Å². The first-order valence-electron chi connectivity index (χ1n) is 9.57. The molecule has 0 aliphatic carbocycles. The summed E-state index contributed by atoms with van der Waals surface area (Å²) < 4.78 is 16.6. The van der Waals surface area contributed by atoms with Gasteiger partial charge in [-0.1, -0.05) is 42.5 Å². The summed E-state index contributed by atoms with van der Waals surface area (Å²) in [5.74, 6) is 2.00. The summed E-state index contributed by atoms with van der Waals surface area (Å²) in [5.41, 5.74) is 1.65. The van der Waals surface area contributed by atoms with Crippen molar-refractivity contribution < 1.29 is 19.0 Å². The highest BCUT2D eigenvalue weighted by Crippen LogP contribution is 2.18. The van der Waals surface area contributed by atoms with Crippen LogP contribution >= 0.6 is 0 Å². The summed E-state index contributed by atoms with van der Waals surface area (Å²) >= 11 is 0. The van der Waals surface area contributed by atoms with Crippen LogP contribution in [0.1, 0.15) is 15.9 Å². The molecule has 0 saturated heterocycles. The molecule has 0 saturated carbocycles. The fraction of sp³-hybridized carbons (Fsp3) is 0.208. The fourth-order valence-electron chi connectivity index (χ4n) is 2.82. The lowest BCUT2D eigenvalue weighted by Crippen LogP contribution is -2.26. The molecule has 0 radical (unpaired) electrons. The molecule has 0 fully saturated rings. The Kier molecular flexibility index (Phi) is 7.52. The van der Waals surface area contributed by atoms with E-state index in [9.17, 15) is 4.79 Å². The van der Waals surface area contributed by atoms with Crippen molar-refractivity contribution in [2.75, 3.05) is 26.9 Å². The first-order valence-corrected chi connectivity index (χ1v) is 9.57. The van der Waals surface area contributed by atoms with Crippen molar-refractivity contribution in [2.24, 2.45) is 0 Å². The zero-order valence-corrected chi connectivity index (χ0v) is 16.5. The number of para-hydroxylation sites is 2. The van der Waals surface area contributed by atoms with Gasteiger partial charge in [-0.15, -0.1) is 0 Å². The Morgan fingerprint density at radius 2 is 1.48 bits per heavy atom. The van der Waals surface area contributed by atoms with Crippen LogP contribution in [0.4, 0.5) is 0 Å². The van der Waals surface area contributed by atoms with Crippen molar-refractivity contribution >= 4 is 5.91 Å². The highest BCUT2D eigenvalue weighted by Gasteiger charge is 2.11. The maximum atomic E-state index is 12.6. The molecule has 0 spiro atoms. The number of ether oxygens (including phenoxy) is 3. The number of methoxy groups -OCH3 is 1. The maximum Gasteiger partial charge on any atom is 0.255 e. The Morgan fingerprint density at radius 3 is 2.24 bits per heavy atom. The van der Waals surface area contributed by atoms with Gasteiger partial charge in [0.1, 0.15) is 30.5 Å². The molecule has 3 rings (SSSR count). The SMILES string of the molecule is COc1ccc(CCNC(=O)c2ccccc2OCCOc2ccccc2)cc1. The number of carbonyl (C=O) groups excluding carboxylic acids is 1. The highest BCUT2D eigenvalue weighted by molar-refractivity contribution is 5.96. The molecule has 1 amide bonds. The number of benzene rings is 3. The van der Waals surface area contributed by atoms with Crippen molar-refractivity contribution in [3.63, 3.8) is 0 Å². The molecule has 3 aromatic carbocycles. The van der Waals surface area contributed by atoms with Gasteiger partial charge in [0.25, 0.3) is 5.91 Å². The Labute approximate surface area is 171 Å². The van der Waals surface area contributed by atoms with Gasteiger partial charge in [-0.05, 0) is 48.4 Å². The molecule has 5 nitrogen and oxygen atoms in total. The smallest absolute Gasteiger partial charge is 0.255 e. The second-order valence-electron chi connectivity index (χ2n) is 6.36. The van der Waals surface area contributed by atoms with Crippen molar-refractivity contribution in [1.82, 2.24) is 5.32 Å². The topological polar surface area (TPSA) is 56.8 Å². The van der Waals surface area contributed by atoms with Gasteiger partial charge in [-0.3, -0.25) is 4.79 Å². The molecule has 0 atom stereocenters. The van der Waals surface area contributed by atoms with Gasteiger partial charge < -0.3 is 19.5 Å². The predicted molar refractivity (Wildman–Crippen MR) is 113 cm³/mol. The summed E-state index contributed by atoms with van der Waals surface area (Å²) in [6.07, 6.45) is 0.740. The lowest BCUT2D eigenvalue weighted by Gasteiger charge is -2.12. The van der Waals surface area contributed by atoms with Crippen LogP contribution in [0.3, 0.4) is 0 Å². The largest absolute Gasteiger partial charge is 0.497 e. The van der Waals surface area contributed by atoms with Crippen molar-refractivity contribution in [2.45, 2.75) is 6.42 Å². The quantitative estimate of drug-likeness (QED) is 0.528. The van der Waals surface area contributed by atoms with Gasteiger partial charge in [0.2, 0.25) is 0 Å². The molecular formula is C24H25NO4. The van der Waals surface area contributed by atoms with E-state index in [0.29, 0.717) is 31.1 Å². The molecule has 150 valence electrons. The molecule has 0 aliphatic rings. The Hall–Kier alpha value is -3.47. The van der Waals surface area contributed by atoms with E-state index < -0.39 is 0 Å². The first kappa shape index (κ1) is 20.3. The minimum atomic E-state index is -0.155. The van der Waals surface area contributed by atoms with Gasteiger partial charge in [-0.25, -0.2) is 0 Å². The lowest BCUT2D eigenvalue weighted by molar-refractivity contribution is 0.0949. The zero-order valence-electron chi connectivity index (χ0n) is 16.5. The molecule has 0 unspecified atom stereocenters. The minimum absolute atomic E-state index is 0.155. The van der Waals surface area contributed by atoms with Gasteiger partial charge in [0.05, 0.1) is 12.7 Å². The third kappa shape index (κ3) is 6.28. The highest BCUT2D eigenvalue weighted by atomic mass is 16.5. The molecule has 0 bridgehead atoms. The second kappa shape index (κ2) is 10.8. The van der Waals surface area contributed by atoms with Crippen molar-refractivity contribution in [1.29, 1.82) is 0 Å². The minimum Gasteiger partial charge on any atom is -0.497 e. The number of nitrogens with one attached hydrogen (secondary N) is 1. The molecule has 0 heterocycles. The molecule has 29 heavy (non-hydrogen) atoms. The van der Waals surface area contributed by atoms with Gasteiger partial charge in [0.15, 0.2) is 0 Å². The second-order valence-corrected chi connectivity index (χ2v) is 6.36. The number of rotatable bonds is 10. The van der Waals surface area contributed by atoms with Crippen LogP contribution in [0.5, 0.6) is 17.2 Å². The summed E-state index contributed by atoms with van der Waals surface area (Å²) in [7, 11) is 1.64. The molecule has 0 aliphatic heterocycles. The van der Waals surface area contributed by atoms with Gasteiger partial charge >= 0.3 is 0 Å². The van der Waals surface area contributed by atoms with E-state index >= 15 is 0 Å². The standard InChI is InChI=1S/C24H25NO4/c1-27-20-13-11-19(12-14-20)15-16-25-24(26)22-9-5-6-10-23(22)29-18-17-28-21-7-3-2-4-8-21/h2-14H,15-18H2,1H3,(H,25,26). The van der Waals surface area contributed by atoms with Crippen molar-refractivity contribution in [3.05, 3.63) is 90.0 Å². The monoisotopic (exact) mass is 391 g/mol. The predicted octanol–water partition coefficient (Wildman–Crippen LogP) is 4.13. The summed E-state index contributed by atoms with van der Waals surface area (Å²) in [5, 5.41) is 2.95. The first-order chi connectivity index (χ1) is 14.3. The van der Waals surface area contributed by atoms with Crippen LogP contribution in [0.15, 0.2) is 78.9 Å². The third-order valence-corrected chi connectivity index (χ3v) is 4.34. The van der Waals surface area contributed by atoms with E-state index in [0.717, 1.165) is 23.5 Å². The van der Waals surface area contributed by atoms with E-state index in [1.54, 1.807) is 19.2 Å². The van der Waals surface area contributed by atoms with Crippen molar-refractivity contribution in [3.8, 4) is 17.2 Å². The molecule has 3 aromatic rings. The van der Waals surface area contributed by atoms with Crippen LogP contribution in [-0.4, -0.2) is 32.8 Å².